The van der Waals surface area contributed by atoms with Crippen molar-refractivity contribution >= 4 is 34.9 Å². The van der Waals surface area contributed by atoms with Crippen LogP contribution < -0.4 is 20.1 Å². The summed E-state index contributed by atoms with van der Waals surface area (Å²) in [6.45, 7) is 0.00103. The van der Waals surface area contributed by atoms with Crippen LogP contribution in [-0.2, 0) is 6.54 Å². The highest BCUT2D eigenvalue weighted by molar-refractivity contribution is 6.32. The van der Waals surface area contributed by atoms with Crippen molar-refractivity contribution in [2.24, 2.45) is 0 Å². The van der Waals surface area contributed by atoms with Crippen molar-refractivity contribution < 1.29 is 18.7 Å². The summed E-state index contributed by atoms with van der Waals surface area (Å²) in [5, 5.41) is 5.74. The van der Waals surface area contributed by atoms with Crippen LogP contribution in [-0.4, -0.2) is 20.3 Å². The van der Waals surface area contributed by atoms with E-state index in [1.54, 1.807) is 12.1 Å². The van der Waals surface area contributed by atoms with E-state index < -0.39 is 11.8 Å². The predicted molar refractivity (Wildman–Crippen MR) is 91.8 cm³/mol. The number of carbonyl (C=O) groups is 1. The van der Waals surface area contributed by atoms with E-state index in [0.717, 1.165) is 0 Å². The van der Waals surface area contributed by atoms with E-state index in [9.17, 15) is 9.18 Å². The van der Waals surface area contributed by atoms with Gasteiger partial charge in [0.2, 0.25) is 0 Å². The second-order valence-corrected chi connectivity index (χ2v) is 5.57. The molecule has 0 atom stereocenters. The summed E-state index contributed by atoms with van der Waals surface area (Å²) < 4.78 is 23.9. The van der Waals surface area contributed by atoms with Gasteiger partial charge in [-0.1, -0.05) is 29.3 Å². The Morgan fingerprint density at radius 3 is 2.46 bits per heavy atom. The van der Waals surface area contributed by atoms with Crippen molar-refractivity contribution in [3.8, 4) is 11.5 Å². The van der Waals surface area contributed by atoms with Crippen molar-refractivity contribution in [3.63, 3.8) is 0 Å². The molecule has 24 heavy (non-hydrogen) atoms. The zero-order valence-corrected chi connectivity index (χ0v) is 14.5. The maximum Gasteiger partial charge on any atom is 0.319 e. The molecule has 0 radical (unpaired) electrons. The fourth-order valence-electron chi connectivity index (χ4n) is 1.96. The van der Waals surface area contributed by atoms with E-state index in [1.807, 2.05) is 0 Å². The summed E-state index contributed by atoms with van der Waals surface area (Å²) in [6, 6.07) is 6.75. The average Bonchev–Trinajstić information content (AvgIpc) is 2.54. The number of carbonyl (C=O) groups excluding carboxylic acids is 1. The van der Waals surface area contributed by atoms with E-state index in [-0.39, 0.29) is 6.54 Å². The molecule has 128 valence electrons. The first-order valence-corrected chi connectivity index (χ1v) is 7.60. The molecule has 0 fully saturated rings. The van der Waals surface area contributed by atoms with Crippen LogP contribution in [0.2, 0.25) is 10.0 Å². The maximum atomic E-state index is 13.7. The lowest BCUT2D eigenvalue weighted by molar-refractivity contribution is 0.251. The molecule has 0 aliphatic rings. The molecule has 0 saturated heterocycles. The summed E-state index contributed by atoms with van der Waals surface area (Å²) in [4.78, 5) is 12.0. The molecule has 0 heterocycles. The second-order valence-electron chi connectivity index (χ2n) is 4.73. The van der Waals surface area contributed by atoms with Crippen LogP contribution in [0.25, 0.3) is 0 Å². The Hall–Kier alpha value is -2.18. The minimum Gasteiger partial charge on any atom is -0.495 e. The molecule has 8 heteroatoms. The van der Waals surface area contributed by atoms with Crippen LogP contribution in [0, 0.1) is 5.82 Å². The number of anilines is 1. The van der Waals surface area contributed by atoms with Crippen LogP contribution in [0.1, 0.15) is 5.56 Å². The molecule has 2 amide bonds. The van der Waals surface area contributed by atoms with Gasteiger partial charge < -0.3 is 20.1 Å². The predicted octanol–water partition coefficient (Wildman–Crippen LogP) is 4.47. The summed E-state index contributed by atoms with van der Waals surface area (Å²) >= 11 is 11.7. The molecule has 0 aliphatic heterocycles. The van der Waals surface area contributed by atoms with Gasteiger partial charge in [-0.05, 0) is 18.2 Å². The molecule has 0 saturated carbocycles. The highest BCUT2D eigenvalue weighted by Gasteiger charge is 2.13. The first kappa shape index (κ1) is 18.2. The standard InChI is InChI=1S/C16H15Cl2FN2O3/c1-23-14-7-15(24-2)13(6-11(14)18)21-16(22)20-8-9-3-4-10(17)5-12(9)19/h3-7H,8H2,1-2H3,(H2,20,21,22). The van der Waals surface area contributed by atoms with Gasteiger partial charge in [-0.3, -0.25) is 0 Å². The minimum atomic E-state index is -0.538. The molecule has 0 bridgehead atoms. The average molecular weight is 373 g/mol. The Morgan fingerprint density at radius 2 is 1.83 bits per heavy atom. The molecular weight excluding hydrogens is 358 g/mol. The van der Waals surface area contributed by atoms with Crippen molar-refractivity contribution in [2.75, 3.05) is 19.5 Å². The van der Waals surface area contributed by atoms with Gasteiger partial charge in [0, 0.05) is 23.2 Å². The molecule has 2 N–H and O–H groups in total. The monoisotopic (exact) mass is 372 g/mol. The quantitative estimate of drug-likeness (QED) is 0.813. The largest absolute Gasteiger partial charge is 0.495 e. The van der Waals surface area contributed by atoms with Gasteiger partial charge in [0.1, 0.15) is 17.3 Å². The minimum absolute atomic E-state index is 0.00103. The number of halogens is 3. The molecule has 0 spiro atoms. The highest BCUT2D eigenvalue weighted by Crippen LogP contribution is 2.35. The Balaban J connectivity index is 2.05. The number of urea groups is 1. The van der Waals surface area contributed by atoms with E-state index in [4.69, 9.17) is 32.7 Å². The van der Waals surface area contributed by atoms with Gasteiger partial charge in [-0.25, -0.2) is 9.18 Å². The van der Waals surface area contributed by atoms with E-state index in [0.29, 0.717) is 32.8 Å². The van der Waals surface area contributed by atoms with Crippen molar-refractivity contribution in [2.45, 2.75) is 6.54 Å². The first-order valence-electron chi connectivity index (χ1n) is 6.85. The van der Waals surface area contributed by atoms with Gasteiger partial charge in [0.15, 0.2) is 0 Å². The molecule has 0 unspecified atom stereocenters. The van der Waals surface area contributed by atoms with E-state index in [2.05, 4.69) is 10.6 Å². The fourth-order valence-corrected chi connectivity index (χ4v) is 2.36. The van der Waals surface area contributed by atoms with Crippen molar-refractivity contribution in [3.05, 3.63) is 51.8 Å². The Labute approximate surface area is 148 Å². The molecule has 2 aromatic rings. The summed E-state index contributed by atoms with van der Waals surface area (Å²) in [5.41, 5.74) is 0.673. The van der Waals surface area contributed by atoms with Crippen LogP contribution in [0.4, 0.5) is 14.9 Å². The molecule has 0 aliphatic carbocycles. The van der Waals surface area contributed by atoms with Gasteiger partial charge in [-0.15, -0.1) is 0 Å². The SMILES string of the molecule is COc1cc(OC)c(NC(=O)NCc2ccc(Cl)cc2F)cc1Cl. The number of rotatable bonds is 5. The fraction of sp³-hybridized carbons (Fsp3) is 0.188. The zero-order valence-electron chi connectivity index (χ0n) is 13.0. The third-order valence-electron chi connectivity index (χ3n) is 3.18. The lowest BCUT2D eigenvalue weighted by atomic mass is 10.2. The zero-order chi connectivity index (χ0) is 17.7. The van der Waals surface area contributed by atoms with Gasteiger partial charge >= 0.3 is 6.03 Å². The number of nitrogens with one attached hydrogen (secondary N) is 2. The lowest BCUT2D eigenvalue weighted by Crippen LogP contribution is -2.28. The Morgan fingerprint density at radius 1 is 1.12 bits per heavy atom. The maximum absolute atomic E-state index is 13.7. The number of amides is 2. The summed E-state index contributed by atoms with van der Waals surface area (Å²) in [7, 11) is 2.93. The number of benzene rings is 2. The molecule has 2 rings (SSSR count). The van der Waals surface area contributed by atoms with Gasteiger partial charge in [-0.2, -0.15) is 0 Å². The highest BCUT2D eigenvalue weighted by atomic mass is 35.5. The van der Waals surface area contributed by atoms with Crippen LogP contribution in [0.5, 0.6) is 11.5 Å². The molecule has 5 nitrogen and oxygen atoms in total. The third kappa shape index (κ3) is 4.43. The van der Waals surface area contributed by atoms with Crippen LogP contribution in [0.3, 0.4) is 0 Å². The molecule has 2 aromatic carbocycles. The van der Waals surface area contributed by atoms with Crippen molar-refractivity contribution in [1.29, 1.82) is 0 Å². The molecule has 0 aromatic heterocycles. The number of hydrogen-bond acceptors (Lipinski definition) is 3. The Kier molecular flexibility index (Phi) is 6.11. The number of methoxy groups -OCH3 is 2. The number of ether oxygens (including phenoxy) is 2. The molecular formula is C16H15Cl2FN2O3. The van der Waals surface area contributed by atoms with Crippen molar-refractivity contribution in [1.82, 2.24) is 5.32 Å². The summed E-state index contributed by atoms with van der Waals surface area (Å²) in [6.07, 6.45) is 0. The Bertz CT molecular complexity index is 756. The van der Waals surface area contributed by atoms with Gasteiger partial charge in [0.25, 0.3) is 0 Å². The third-order valence-corrected chi connectivity index (χ3v) is 3.71. The first-order chi connectivity index (χ1) is 11.4. The normalized spacial score (nSPS) is 10.2. The topological polar surface area (TPSA) is 59.6 Å². The van der Waals surface area contributed by atoms with Gasteiger partial charge in [0.05, 0.1) is 24.9 Å². The smallest absolute Gasteiger partial charge is 0.319 e. The van der Waals surface area contributed by atoms with Crippen LogP contribution in [0.15, 0.2) is 30.3 Å². The second kappa shape index (κ2) is 8.08. The lowest BCUT2D eigenvalue weighted by Gasteiger charge is -2.14. The number of hydrogen-bond donors (Lipinski definition) is 2. The van der Waals surface area contributed by atoms with E-state index in [1.165, 1.54) is 32.4 Å². The van der Waals surface area contributed by atoms with Crippen LogP contribution >= 0.6 is 23.2 Å². The van der Waals surface area contributed by atoms with E-state index >= 15 is 0 Å². The summed E-state index contributed by atoms with van der Waals surface area (Å²) in [5.74, 6) is 0.305.